The van der Waals surface area contributed by atoms with E-state index in [1.54, 1.807) is 11.3 Å². The van der Waals surface area contributed by atoms with Gasteiger partial charge < -0.3 is 0 Å². The number of hydrogen-bond donors (Lipinski definition) is 0. The molecule has 18 heavy (non-hydrogen) atoms. The normalized spacial score (nSPS) is 20.0. The summed E-state index contributed by atoms with van der Waals surface area (Å²) in [7, 11) is 2.25. The first kappa shape index (κ1) is 14.3. The maximum atomic E-state index is 5.83. The predicted molar refractivity (Wildman–Crippen MR) is 79.3 cm³/mol. The topological polar surface area (TPSA) is 16.1 Å². The van der Waals surface area contributed by atoms with E-state index in [1.807, 2.05) is 0 Å². The highest BCUT2D eigenvalue weighted by Crippen LogP contribution is 2.29. The highest BCUT2D eigenvalue weighted by Gasteiger charge is 2.23. The Kier molecular flexibility index (Phi) is 5.46. The smallest absolute Gasteiger partial charge is 0.110 e. The van der Waals surface area contributed by atoms with Crippen LogP contribution in [0.5, 0.6) is 0 Å². The Hall–Kier alpha value is -0.120. The van der Waals surface area contributed by atoms with Crippen molar-refractivity contribution in [3.05, 3.63) is 16.1 Å². The van der Waals surface area contributed by atoms with E-state index in [0.717, 1.165) is 11.7 Å². The lowest BCUT2D eigenvalue weighted by molar-refractivity contribution is 0.168. The average molecular weight is 287 g/mol. The summed E-state index contributed by atoms with van der Waals surface area (Å²) in [6, 6.07) is 1.14. The van der Waals surface area contributed by atoms with Gasteiger partial charge >= 0.3 is 0 Å². The van der Waals surface area contributed by atoms with Gasteiger partial charge in [0.1, 0.15) is 5.01 Å². The van der Waals surface area contributed by atoms with E-state index in [9.17, 15) is 0 Å². The van der Waals surface area contributed by atoms with E-state index in [1.165, 1.54) is 43.5 Å². The van der Waals surface area contributed by atoms with Crippen LogP contribution in [0.2, 0.25) is 0 Å². The molecule has 1 aromatic rings. The summed E-state index contributed by atoms with van der Waals surface area (Å²) in [5.74, 6) is 0.524. The lowest BCUT2D eigenvalue weighted by Crippen LogP contribution is -2.33. The number of halogens is 1. The first-order valence-corrected chi connectivity index (χ1v) is 8.36. The molecule has 1 fully saturated rings. The number of nitrogens with zero attached hydrogens (tertiary/aromatic N) is 2. The third-order valence-corrected chi connectivity index (χ3v) is 5.41. The van der Waals surface area contributed by atoms with Crippen molar-refractivity contribution in [3.8, 4) is 0 Å². The van der Waals surface area contributed by atoms with Crippen molar-refractivity contribution in [2.24, 2.45) is 0 Å². The van der Waals surface area contributed by atoms with Crippen molar-refractivity contribution in [3.63, 3.8) is 0 Å². The molecule has 0 spiro atoms. The molecule has 2 rings (SSSR count). The fraction of sp³-hybridized carbons (Fsp3) is 0.786. The Morgan fingerprint density at radius 3 is 2.61 bits per heavy atom. The summed E-state index contributed by atoms with van der Waals surface area (Å²) < 4.78 is 0. The van der Waals surface area contributed by atoms with Gasteiger partial charge in [0, 0.05) is 11.4 Å². The SMILES string of the molecule is CC(c1nc(CCl)cs1)N(C)C1CCCCCC1. The second-order valence-corrected chi connectivity index (χ2v) is 6.45. The predicted octanol–water partition coefficient (Wildman–Crippen LogP) is 4.60. The molecule has 0 amide bonds. The first-order chi connectivity index (χ1) is 8.72. The molecule has 1 unspecified atom stereocenters. The molecule has 0 bridgehead atoms. The highest BCUT2D eigenvalue weighted by molar-refractivity contribution is 7.09. The molecule has 1 aliphatic rings. The zero-order valence-electron chi connectivity index (χ0n) is 11.4. The van der Waals surface area contributed by atoms with Crippen LogP contribution in [0.3, 0.4) is 0 Å². The van der Waals surface area contributed by atoms with Gasteiger partial charge in [-0.25, -0.2) is 4.98 Å². The molecule has 2 nitrogen and oxygen atoms in total. The quantitative estimate of drug-likeness (QED) is 0.594. The van der Waals surface area contributed by atoms with Gasteiger partial charge in [-0.05, 0) is 26.8 Å². The Balaban J connectivity index is 2.00. The van der Waals surface area contributed by atoms with Gasteiger partial charge in [0.15, 0.2) is 0 Å². The van der Waals surface area contributed by atoms with Gasteiger partial charge in [0.05, 0.1) is 17.6 Å². The molecule has 0 saturated heterocycles. The van der Waals surface area contributed by atoms with E-state index in [2.05, 4.69) is 29.2 Å². The Bertz CT molecular complexity index is 358. The molecule has 4 heteroatoms. The average Bonchev–Trinajstić information content (AvgIpc) is 2.71. The van der Waals surface area contributed by atoms with Gasteiger partial charge in [-0.3, -0.25) is 4.90 Å². The molecular formula is C14H23ClN2S. The minimum absolute atomic E-state index is 0.412. The van der Waals surface area contributed by atoms with E-state index < -0.39 is 0 Å². The summed E-state index contributed by atoms with van der Waals surface area (Å²) in [6.07, 6.45) is 8.26. The van der Waals surface area contributed by atoms with Crippen LogP contribution in [0, 0.1) is 0 Å². The number of aromatic nitrogens is 1. The van der Waals surface area contributed by atoms with Crippen LogP contribution < -0.4 is 0 Å². The lowest BCUT2D eigenvalue weighted by Gasteiger charge is -2.31. The van der Waals surface area contributed by atoms with Gasteiger partial charge in [-0.2, -0.15) is 0 Å². The first-order valence-electron chi connectivity index (χ1n) is 6.94. The summed E-state index contributed by atoms with van der Waals surface area (Å²) in [5, 5.41) is 3.29. The zero-order chi connectivity index (χ0) is 13.0. The molecule has 0 aliphatic heterocycles. The maximum Gasteiger partial charge on any atom is 0.110 e. The summed E-state index contributed by atoms with van der Waals surface area (Å²) >= 11 is 7.57. The minimum Gasteiger partial charge on any atom is -0.294 e. The van der Waals surface area contributed by atoms with Gasteiger partial charge in [-0.15, -0.1) is 22.9 Å². The molecule has 0 aromatic carbocycles. The van der Waals surface area contributed by atoms with E-state index in [4.69, 9.17) is 11.6 Å². The third kappa shape index (κ3) is 3.46. The van der Waals surface area contributed by atoms with Crippen molar-refractivity contribution >= 4 is 22.9 Å². The second kappa shape index (κ2) is 6.88. The number of hydrogen-bond acceptors (Lipinski definition) is 3. The molecular weight excluding hydrogens is 264 g/mol. The van der Waals surface area contributed by atoms with E-state index in [-0.39, 0.29) is 0 Å². The fourth-order valence-corrected chi connectivity index (χ4v) is 3.89. The fourth-order valence-electron chi connectivity index (χ4n) is 2.73. The maximum absolute atomic E-state index is 5.83. The van der Waals surface area contributed by atoms with Crippen molar-refractivity contribution < 1.29 is 0 Å². The largest absolute Gasteiger partial charge is 0.294 e. The molecule has 1 aromatic heterocycles. The third-order valence-electron chi connectivity index (χ3n) is 4.08. The van der Waals surface area contributed by atoms with Crippen molar-refractivity contribution in [2.45, 2.75) is 63.4 Å². The van der Waals surface area contributed by atoms with Crippen LogP contribution in [-0.2, 0) is 5.88 Å². The van der Waals surface area contributed by atoms with Crippen LogP contribution in [-0.4, -0.2) is 23.0 Å². The van der Waals surface area contributed by atoms with Crippen LogP contribution in [0.1, 0.15) is 62.2 Å². The van der Waals surface area contributed by atoms with Crippen molar-refractivity contribution in [1.29, 1.82) is 0 Å². The van der Waals surface area contributed by atoms with Gasteiger partial charge in [0.2, 0.25) is 0 Å². The van der Waals surface area contributed by atoms with Gasteiger partial charge in [0.25, 0.3) is 0 Å². The monoisotopic (exact) mass is 286 g/mol. The van der Waals surface area contributed by atoms with Gasteiger partial charge in [-0.1, -0.05) is 25.7 Å². The Morgan fingerprint density at radius 1 is 1.39 bits per heavy atom. The molecule has 102 valence electrons. The Morgan fingerprint density at radius 2 is 2.06 bits per heavy atom. The van der Waals surface area contributed by atoms with Crippen molar-refractivity contribution in [1.82, 2.24) is 9.88 Å². The zero-order valence-corrected chi connectivity index (χ0v) is 12.9. The van der Waals surface area contributed by atoms with Crippen LogP contribution in [0.25, 0.3) is 0 Å². The lowest BCUT2D eigenvalue weighted by atomic mass is 10.1. The molecule has 1 saturated carbocycles. The van der Waals surface area contributed by atoms with E-state index >= 15 is 0 Å². The standard InChI is InChI=1S/C14H23ClN2S/c1-11(14-16-12(9-15)10-18-14)17(2)13-7-5-3-4-6-8-13/h10-11,13H,3-9H2,1-2H3. The number of alkyl halides is 1. The highest BCUT2D eigenvalue weighted by atomic mass is 35.5. The molecule has 0 radical (unpaired) electrons. The van der Waals surface area contributed by atoms with Crippen molar-refractivity contribution in [2.75, 3.05) is 7.05 Å². The summed E-state index contributed by atoms with van der Waals surface area (Å²) in [5.41, 5.74) is 1.01. The van der Waals surface area contributed by atoms with Crippen LogP contribution in [0.4, 0.5) is 0 Å². The van der Waals surface area contributed by atoms with E-state index in [0.29, 0.717) is 11.9 Å². The molecule has 1 heterocycles. The summed E-state index contributed by atoms with van der Waals surface area (Å²) in [6.45, 7) is 2.27. The Labute approximate surface area is 119 Å². The molecule has 0 N–H and O–H groups in total. The molecule has 1 aliphatic carbocycles. The minimum atomic E-state index is 0.412. The van der Waals surface area contributed by atoms with Crippen LogP contribution in [0.15, 0.2) is 5.38 Å². The molecule has 1 atom stereocenters. The number of thiazole rings is 1. The number of rotatable bonds is 4. The van der Waals surface area contributed by atoms with Crippen LogP contribution >= 0.6 is 22.9 Å². The summed E-state index contributed by atoms with van der Waals surface area (Å²) in [4.78, 5) is 7.13. The second-order valence-electron chi connectivity index (χ2n) is 5.30.